The fourth-order valence-electron chi connectivity index (χ4n) is 3.20. The van der Waals surface area contributed by atoms with Crippen LogP contribution in [0.25, 0.3) is 0 Å². The molecule has 0 radical (unpaired) electrons. The predicted molar refractivity (Wildman–Crippen MR) is 123 cm³/mol. The summed E-state index contributed by atoms with van der Waals surface area (Å²) in [4.78, 5) is 23.6. The van der Waals surface area contributed by atoms with Gasteiger partial charge in [0.1, 0.15) is 5.75 Å². The van der Waals surface area contributed by atoms with Crippen LogP contribution in [-0.4, -0.2) is 31.7 Å². The molecule has 0 saturated heterocycles. The zero-order valence-corrected chi connectivity index (χ0v) is 18.8. The number of hydrazone groups is 1. The number of ether oxygens (including phenoxy) is 1. The van der Waals surface area contributed by atoms with E-state index in [-0.39, 0.29) is 18.4 Å². The third kappa shape index (κ3) is 13.0. The first kappa shape index (κ1) is 25.7. The zero-order chi connectivity index (χ0) is 21.9. The molecule has 2 amide bonds. The maximum absolute atomic E-state index is 11.8. The highest BCUT2D eigenvalue weighted by Crippen LogP contribution is 2.14. The maximum Gasteiger partial charge on any atom is 0.259 e. The van der Waals surface area contributed by atoms with Gasteiger partial charge in [-0.2, -0.15) is 5.10 Å². The summed E-state index contributed by atoms with van der Waals surface area (Å²) in [5.41, 5.74) is 3.17. The Morgan fingerprint density at radius 2 is 1.50 bits per heavy atom. The van der Waals surface area contributed by atoms with Gasteiger partial charge in [-0.05, 0) is 18.6 Å². The Balaban J connectivity index is 2.01. The van der Waals surface area contributed by atoms with E-state index in [2.05, 4.69) is 22.8 Å². The summed E-state index contributed by atoms with van der Waals surface area (Å²) in [6.07, 6.45) is 15.7. The molecule has 0 aliphatic rings. The minimum atomic E-state index is -0.353. The number of rotatable bonds is 17. The van der Waals surface area contributed by atoms with Crippen LogP contribution < -0.4 is 15.5 Å². The lowest BCUT2D eigenvalue weighted by Gasteiger charge is -2.05. The van der Waals surface area contributed by atoms with Crippen LogP contribution in [0.5, 0.6) is 5.75 Å². The highest BCUT2D eigenvalue weighted by atomic mass is 16.5. The minimum absolute atomic E-state index is 0.0693. The normalized spacial score (nSPS) is 10.9. The smallest absolute Gasteiger partial charge is 0.259 e. The minimum Gasteiger partial charge on any atom is -0.496 e. The van der Waals surface area contributed by atoms with Gasteiger partial charge in [-0.15, -0.1) is 0 Å². The number of benzene rings is 1. The monoisotopic (exact) mass is 417 g/mol. The molecule has 0 saturated carbocycles. The molecule has 0 aliphatic heterocycles. The molecule has 1 aromatic carbocycles. The van der Waals surface area contributed by atoms with E-state index in [0.29, 0.717) is 12.2 Å². The van der Waals surface area contributed by atoms with Crippen molar-refractivity contribution in [1.29, 1.82) is 0 Å². The van der Waals surface area contributed by atoms with Gasteiger partial charge in [-0.1, -0.05) is 83.3 Å². The first-order valence-corrected chi connectivity index (χ1v) is 11.4. The van der Waals surface area contributed by atoms with E-state index in [0.717, 1.165) is 18.4 Å². The van der Waals surface area contributed by atoms with E-state index in [1.54, 1.807) is 7.11 Å². The Morgan fingerprint density at radius 1 is 0.900 bits per heavy atom. The molecule has 1 rings (SSSR count). The third-order valence-electron chi connectivity index (χ3n) is 4.99. The van der Waals surface area contributed by atoms with Gasteiger partial charge in [0.2, 0.25) is 5.91 Å². The fourth-order valence-corrected chi connectivity index (χ4v) is 3.20. The van der Waals surface area contributed by atoms with Gasteiger partial charge in [-0.25, -0.2) is 5.43 Å². The van der Waals surface area contributed by atoms with Gasteiger partial charge in [0.15, 0.2) is 0 Å². The molecule has 0 spiro atoms. The number of hydrogen-bond acceptors (Lipinski definition) is 4. The Labute approximate surface area is 181 Å². The van der Waals surface area contributed by atoms with Crippen molar-refractivity contribution in [2.45, 2.75) is 84.0 Å². The lowest BCUT2D eigenvalue weighted by Crippen LogP contribution is -2.34. The number of nitrogens with one attached hydrogen (secondary N) is 2. The summed E-state index contributed by atoms with van der Waals surface area (Å²) in [6.45, 7) is 2.18. The van der Waals surface area contributed by atoms with Crippen LogP contribution in [0, 0.1) is 0 Å². The van der Waals surface area contributed by atoms with Crippen LogP contribution in [0.15, 0.2) is 29.4 Å². The summed E-state index contributed by atoms with van der Waals surface area (Å²) < 4.78 is 5.21. The summed E-state index contributed by atoms with van der Waals surface area (Å²) in [6, 6.07) is 7.38. The molecule has 0 aliphatic carbocycles. The van der Waals surface area contributed by atoms with Crippen molar-refractivity contribution < 1.29 is 14.3 Å². The molecule has 30 heavy (non-hydrogen) atoms. The molecule has 1 aromatic rings. The number of amides is 2. The zero-order valence-electron chi connectivity index (χ0n) is 18.8. The number of unbranched alkanes of at least 4 members (excludes halogenated alkanes) is 10. The number of para-hydroxylation sites is 1. The van der Waals surface area contributed by atoms with E-state index in [4.69, 9.17) is 4.74 Å². The van der Waals surface area contributed by atoms with E-state index in [1.165, 1.54) is 64.0 Å². The molecule has 2 N–H and O–H groups in total. The van der Waals surface area contributed by atoms with Gasteiger partial charge in [0.05, 0.1) is 19.9 Å². The number of carbonyl (C=O) groups excluding carboxylic acids is 2. The summed E-state index contributed by atoms with van der Waals surface area (Å²) in [5, 5.41) is 6.54. The number of methoxy groups -OCH3 is 1. The van der Waals surface area contributed by atoms with Gasteiger partial charge in [-0.3, -0.25) is 9.59 Å². The second kappa shape index (κ2) is 17.5. The van der Waals surface area contributed by atoms with Crippen molar-refractivity contribution in [3.05, 3.63) is 29.8 Å². The number of hydrogen-bond donors (Lipinski definition) is 2. The van der Waals surface area contributed by atoms with E-state index in [9.17, 15) is 9.59 Å². The van der Waals surface area contributed by atoms with Gasteiger partial charge < -0.3 is 10.1 Å². The topological polar surface area (TPSA) is 79.8 Å². The number of carbonyl (C=O) groups is 2. The molecule has 0 aromatic heterocycles. The lowest BCUT2D eigenvalue weighted by atomic mass is 10.1. The molecule has 6 heteroatoms. The van der Waals surface area contributed by atoms with Gasteiger partial charge >= 0.3 is 0 Å². The molecule has 0 heterocycles. The van der Waals surface area contributed by atoms with Crippen molar-refractivity contribution >= 4 is 18.0 Å². The van der Waals surface area contributed by atoms with Gasteiger partial charge in [0, 0.05) is 12.0 Å². The largest absolute Gasteiger partial charge is 0.496 e. The molecule has 0 unspecified atom stereocenters. The van der Waals surface area contributed by atoms with Crippen LogP contribution in [0.4, 0.5) is 0 Å². The third-order valence-corrected chi connectivity index (χ3v) is 4.99. The first-order valence-electron chi connectivity index (χ1n) is 11.4. The van der Waals surface area contributed by atoms with Crippen molar-refractivity contribution in [2.24, 2.45) is 5.10 Å². The average Bonchev–Trinajstić information content (AvgIpc) is 2.76. The summed E-state index contributed by atoms with van der Waals surface area (Å²) in [7, 11) is 1.58. The first-order chi connectivity index (χ1) is 14.7. The fraction of sp³-hybridized carbons (Fsp3) is 0.625. The lowest BCUT2D eigenvalue weighted by molar-refractivity contribution is -0.126. The maximum atomic E-state index is 11.8. The van der Waals surface area contributed by atoms with E-state index in [1.807, 2.05) is 24.3 Å². The van der Waals surface area contributed by atoms with Crippen molar-refractivity contribution in [3.63, 3.8) is 0 Å². The Hall–Kier alpha value is -2.37. The van der Waals surface area contributed by atoms with E-state index < -0.39 is 0 Å². The SMILES string of the molecule is CCCCCCCCCCCCCC(=O)NCC(=O)N/N=C/c1ccccc1OC. The highest BCUT2D eigenvalue weighted by Gasteiger charge is 2.05. The molecule has 6 nitrogen and oxygen atoms in total. The molecule has 0 atom stereocenters. The Morgan fingerprint density at radius 3 is 2.13 bits per heavy atom. The predicted octanol–water partition coefficient (Wildman–Crippen LogP) is 4.96. The second-order valence-corrected chi connectivity index (χ2v) is 7.60. The second-order valence-electron chi connectivity index (χ2n) is 7.60. The number of nitrogens with zero attached hydrogens (tertiary/aromatic N) is 1. The van der Waals surface area contributed by atoms with Crippen LogP contribution in [0.1, 0.15) is 89.5 Å². The van der Waals surface area contributed by atoms with Crippen LogP contribution in [0.3, 0.4) is 0 Å². The van der Waals surface area contributed by atoms with Crippen LogP contribution in [-0.2, 0) is 9.59 Å². The van der Waals surface area contributed by atoms with Crippen LogP contribution >= 0.6 is 0 Å². The van der Waals surface area contributed by atoms with E-state index >= 15 is 0 Å². The molecule has 0 fully saturated rings. The summed E-state index contributed by atoms with van der Waals surface area (Å²) in [5.74, 6) is 0.235. The van der Waals surface area contributed by atoms with Crippen molar-refractivity contribution in [3.8, 4) is 5.75 Å². The summed E-state index contributed by atoms with van der Waals surface area (Å²) >= 11 is 0. The van der Waals surface area contributed by atoms with Crippen molar-refractivity contribution in [2.75, 3.05) is 13.7 Å². The molecule has 168 valence electrons. The standard InChI is InChI=1S/C24H39N3O3/c1-3-4-5-6-7-8-9-10-11-12-13-18-23(28)25-20-24(29)27-26-19-21-16-14-15-17-22(21)30-2/h14-17,19H,3-13,18,20H2,1-2H3,(H,25,28)(H,27,29)/b26-19+. The quantitative estimate of drug-likeness (QED) is 0.213. The highest BCUT2D eigenvalue weighted by molar-refractivity contribution is 5.87. The Bertz CT molecular complexity index is 632. The van der Waals surface area contributed by atoms with Gasteiger partial charge in [0.25, 0.3) is 5.91 Å². The Kier molecular flexibility index (Phi) is 15.0. The molecule has 0 bridgehead atoms. The molecular weight excluding hydrogens is 378 g/mol. The average molecular weight is 418 g/mol. The van der Waals surface area contributed by atoms with Crippen molar-refractivity contribution in [1.82, 2.24) is 10.7 Å². The molecular formula is C24H39N3O3. The van der Waals surface area contributed by atoms with Crippen LogP contribution in [0.2, 0.25) is 0 Å².